The molecule has 3 nitrogen and oxygen atoms in total. The van der Waals surface area contributed by atoms with E-state index in [1.165, 1.54) is 11.3 Å². The standard InChI is InChI=1S/C18H20N2O/c1-11-9-18-10-17(2,3)20-16(18)12-6-4-5-7-13(12)19-15(18)8-14(11)21/h4-7,9,15,19H,8,10H2,1-3H3/t15-,18-/m0/s1. The Bertz CT molecular complexity index is 714. The molecule has 3 aliphatic rings. The third kappa shape index (κ3) is 1.66. The number of carbonyl (C=O) groups is 1. The molecule has 0 fully saturated rings. The zero-order valence-electron chi connectivity index (χ0n) is 12.7. The summed E-state index contributed by atoms with van der Waals surface area (Å²) in [4.78, 5) is 17.2. The Morgan fingerprint density at radius 3 is 2.86 bits per heavy atom. The second kappa shape index (κ2) is 3.85. The van der Waals surface area contributed by atoms with Crippen molar-refractivity contribution in [2.24, 2.45) is 10.4 Å². The molecule has 1 aromatic carbocycles. The highest BCUT2D eigenvalue weighted by Gasteiger charge is 2.55. The predicted octanol–water partition coefficient (Wildman–Crippen LogP) is 3.36. The molecule has 108 valence electrons. The summed E-state index contributed by atoms with van der Waals surface area (Å²) in [5.74, 6) is 0.251. The molecule has 1 N–H and O–H groups in total. The van der Waals surface area contributed by atoms with Gasteiger partial charge >= 0.3 is 0 Å². The maximum absolute atomic E-state index is 12.2. The van der Waals surface area contributed by atoms with E-state index < -0.39 is 0 Å². The van der Waals surface area contributed by atoms with Crippen LogP contribution in [0.3, 0.4) is 0 Å². The van der Waals surface area contributed by atoms with Crippen molar-refractivity contribution in [2.75, 3.05) is 5.32 Å². The Balaban J connectivity index is 1.99. The minimum Gasteiger partial charge on any atom is -0.380 e. The van der Waals surface area contributed by atoms with Crippen LogP contribution in [0.4, 0.5) is 5.69 Å². The first-order valence-corrected chi connectivity index (χ1v) is 7.60. The number of nitrogens with one attached hydrogen (secondary N) is 1. The number of hydrogen-bond acceptors (Lipinski definition) is 3. The number of rotatable bonds is 0. The van der Waals surface area contributed by atoms with Gasteiger partial charge in [-0.25, -0.2) is 0 Å². The molecule has 2 heterocycles. The molecule has 1 spiro atoms. The van der Waals surface area contributed by atoms with Gasteiger partial charge in [-0.2, -0.15) is 0 Å². The Morgan fingerprint density at radius 2 is 2.05 bits per heavy atom. The second-order valence-corrected chi connectivity index (χ2v) is 7.19. The average molecular weight is 280 g/mol. The number of benzene rings is 1. The first kappa shape index (κ1) is 12.8. The summed E-state index contributed by atoms with van der Waals surface area (Å²) in [5, 5.41) is 3.60. The van der Waals surface area contributed by atoms with Crippen molar-refractivity contribution < 1.29 is 4.79 Å². The van der Waals surface area contributed by atoms with Gasteiger partial charge in [0.05, 0.1) is 16.7 Å². The Morgan fingerprint density at radius 1 is 1.29 bits per heavy atom. The molecule has 0 amide bonds. The quantitative estimate of drug-likeness (QED) is 0.791. The Kier molecular flexibility index (Phi) is 2.35. The van der Waals surface area contributed by atoms with Crippen molar-refractivity contribution in [3.05, 3.63) is 41.5 Å². The van der Waals surface area contributed by atoms with Crippen LogP contribution in [0.25, 0.3) is 0 Å². The molecular formula is C18H20N2O. The van der Waals surface area contributed by atoms with E-state index in [2.05, 4.69) is 43.4 Å². The van der Waals surface area contributed by atoms with Crippen LogP contribution in [0.1, 0.15) is 39.2 Å². The predicted molar refractivity (Wildman–Crippen MR) is 84.9 cm³/mol. The van der Waals surface area contributed by atoms with Crippen molar-refractivity contribution in [1.82, 2.24) is 0 Å². The first-order valence-electron chi connectivity index (χ1n) is 7.60. The van der Waals surface area contributed by atoms with Crippen molar-refractivity contribution in [1.29, 1.82) is 0 Å². The summed E-state index contributed by atoms with van der Waals surface area (Å²) in [6, 6.07) is 8.45. The van der Waals surface area contributed by atoms with Crippen LogP contribution < -0.4 is 5.32 Å². The molecule has 2 aliphatic heterocycles. The molecule has 0 saturated heterocycles. The number of allylic oxidation sites excluding steroid dienone is 1. The molecule has 0 bridgehead atoms. The lowest BCUT2D eigenvalue weighted by atomic mass is 9.63. The Hall–Kier alpha value is -1.90. The van der Waals surface area contributed by atoms with Gasteiger partial charge in [-0.05, 0) is 38.8 Å². The van der Waals surface area contributed by atoms with Crippen LogP contribution in [0.5, 0.6) is 0 Å². The lowest BCUT2D eigenvalue weighted by Gasteiger charge is -2.45. The van der Waals surface area contributed by atoms with Gasteiger partial charge in [-0.1, -0.05) is 24.3 Å². The van der Waals surface area contributed by atoms with Crippen LogP contribution in [-0.2, 0) is 4.79 Å². The molecule has 4 rings (SSSR count). The summed E-state index contributed by atoms with van der Waals surface area (Å²) in [6.45, 7) is 6.31. The molecule has 0 unspecified atom stereocenters. The van der Waals surface area contributed by atoms with Gasteiger partial charge in [-0.15, -0.1) is 0 Å². The molecule has 0 aromatic heterocycles. The number of aliphatic imine (C=N–C) groups is 1. The van der Waals surface area contributed by atoms with Gasteiger partial charge in [0, 0.05) is 23.7 Å². The molecule has 2 atom stereocenters. The number of fused-ring (bicyclic) bond motifs is 2. The zero-order valence-corrected chi connectivity index (χ0v) is 12.7. The van der Waals surface area contributed by atoms with E-state index in [4.69, 9.17) is 4.99 Å². The first-order chi connectivity index (χ1) is 9.91. The summed E-state index contributed by atoms with van der Waals surface area (Å²) < 4.78 is 0. The van der Waals surface area contributed by atoms with Crippen LogP contribution in [0, 0.1) is 5.41 Å². The summed E-state index contributed by atoms with van der Waals surface area (Å²) in [7, 11) is 0. The minimum atomic E-state index is -0.129. The van der Waals surface area contributed by atoms with E-state index in [1.54, 1.807) is 0 Å². The van der Waals surface area contributed by atoms with Crippen molar-refractivity contribution >= 4 is 17.2 Å². The monoisotopic (exact) mass is 280 g/mol. The van der Waals surface area contributed by atoms with Gasteiger partial charge in [-0.3, -0.25) is 9.79 Å². The smallest absolute Gasteiger partial charge is 0.160 e. The molecule has 1 aliphatic carbocycles. The fraction of sp³-hybridized carbons (Fsp3) is 0.444. The van der Waals surface area contributed by atoms with Gasteiger partial charge in [0.1, 0.15) is 0 Å². The highest BCUT2D eigenvalue weighted by molar-refractivity contribution is 6.15. The van der Waals surface area contributed by atoms with E-state index in [9.17, 15) is 4.79 Å². The number of carbonyl (C=O) groups excluding carboxylic acids is 1. The van der Waals surface area contributed by atoms with Crippen molar-refractivity contribution in [3.8, 4) is 0 Å². The third-order valence-electron chi connectivity index (χ3n) is 5.02. The van der Waals surface area contributed by atoms with Gasteiger partial charge in [0.2, 0.25) is 0 Å². The molecule has 0 saturated carbocycles. The number of ketones is 1. The molecule has 0 radical (unpaired) electrons. The van der Waals surface area contributed by atoms with Crippen LogP contribution in [-0.4, -0.2) is 23.1 Å². The molecular weight excluding hydrogens is 260 g/mol. The average Bonchev–Trinajstić information content (AvgIpc) is 2.69. The topological polar surface area (TPSA) is 41.5 Å². The second-order valence-electron chi connectivity index (χ2n) is 7.19. The van der Waals surface area contributed by atoms with Crippen LogP contribution in [0.2, 0.25) is 0 Å². The van der Waals surface area contributed by atoms with Gasteiger partial charge in [0.15, 0.2) is 5.78 Å². The highest BCUT2D eigenvalue weighted by Crippen LogP contribution is 2.52. The lowest BCUT2D eigenvalue weighted by molar-refractivity contribution is -0.116. The zero-order chi connectivity index (χ0) is 14.8. The van der Waals surface area contributed by atoms with E-state index in [1.807, 2.05) is 13.0 Å². The fourth-order valence-electron chi connectivity index (χ4n) is 4.24. The summed E-state index contributed by atoms with van der Waals surface area (Å²) in [5.41, 5.74) is 4.14. The van der Waals surface area contributed by atoms with Crippen LogP contribution in [0.15, 0.2) is 40.9 Å². The van der Waals surface area contributed by atoms with E-state index >= 15 is 0 Å². The highest BCUT2D eigenvalue weighted by atomic mass is 16.1. The fourth-order valence-corrected chi connectivity index (χ4v) is 4.24. The number of anilines is 1. The van der Waals surface area contributed by atoms with Gasteiger partial charge < -0.3 is 5.32 Å². The number of Topliss-reactive ketones (excluding diaryl/α,β-unsaturated/α-hetero) is 1. The largest absolute Gasteiger partial charge is 0.380 e. The molecule has 21 heavy (non-hydrogen) atoms. The van der Waals surface area contributed by atoms with E-state index in [-0.39, 0.29) is 22.8 Å². The summed E-state index contributed by atoms with van der Waals surface area (Å²) in [6.07, 6.45) is 3.71. The SMILES string of the molecule is CC1=C[C@@]23CC(C)(C)N=C2c2ccccc2N[C@H]3CC1=O. The number of nitrogens with zero attached hydrogens (tertiary/aromatic N) is 1. The third-order valence-corrected chi connectivity index (χ3v) is 5.02. The molecule has 1 aromatic rings. The maximum atomic E-state index is 12.2. The van der Waals surface area contributed by atoms with Crippen LogP contribution >= 0.6 is 0 Å². The van der Waals surface area contributed by atoms with E-state index in [0.29, 0.717) is 6.42 Å². The number of hydrogen-bond donors (Lipinski definition) is 1. The maximum Gasteiger partial charge on any atom is 0.160 e. The molecule has 3 heteroatoms. The van der Waals surface area contributed by atoms with Gasteiger partial charge in [0.25, 0.3) is 0 Å². The summed E-state index contributed by atoms with van der Waals surface area (Å²) >= 11 is 0. The van der Waals surface area contributed by atoms with Crippen molar-refractivity contribution in [3.63, 3.8) is 0 Å². The minimum absolute atomic E-state index is 0.0795. The van der Waals surface area contributed by atoms with Crippen molar-refractivity contribution in [2.45, 2.75) is 45.2 Å². The Labute approximate surface area is 125 Å². The number of para-hydroxylation sites is 1. The normalized spacial score (nSPS) is 32.3. The van der Waals surface area contributed by atoms with E-state index in [0.717, 1.165) is 17.7 Å². The lowest BCUT2D eigenvalue weighted by Crippen LogP contribution is -2.51.